The molecule has 0 bridgehead atoms. The summed E-state index contributed by atoms with van der Waals surface area (Å²) in [6, 6.07) is 4.28. The number of H-pyrrole nitrogens is 1. The molecule has 0 amide bonds. The van der Waals surface area contributed by atoms with Gasteiger partial charge in [0.15, 0.2) is 0 Å². The molecule has 1 aromatic carbocycles. The lowest BCUT2D eigenvalue weighted by Crippen LogP contribution is -2.05. The fourth-order valence-corrected chi connectivity index (χ4v) is 2.47. The minimum absolute atomic E-state index is 0.404. The fraction of sp³-hybridized carbons (Fsp3) is 0.438. The molecule has 4 heteroatoms. The van der Waals surface area contributed by atoms with Crippen LogP contribution in [-0.2, 0) is 6.42 Å². The van der Waals surface area contributed by atoms with Crippen molar-refractivity contribution < 1.29 is 4.74 Å². The lowest BCUT2D eigenvalue weighted by molar-refractivity contribution is 0.407. The summed E-state index contributed by atoms with van der Waals surface area (Å²) in [5, 5.41) is 0. The molecule has 2 aromatic rings. The Morgan fingerprint density at radius 1 is 1.35 bits per heavy atom. The van der Waals surface area contributed by atoms with Crippen molar-refractivity contribution in [3.63, 3.8) is 0 Å². The highest BCUT2D eigenvalue weighted by molar-refractivity contribution is 5.68. The number of benzene rings is 1. The molecule has 1 heterocycles. The Morgan fingerprint density at radius 3 is 2.70 bits per heavy atom. The molecule has 0 aliphatic rings. The number of aromatic amines is 1. The van der Waals surface area contributed by atoms with Crippen molar-refractivity contribution in [2.75, 3.05) is 13.7 Å². The zero-order chi connectivity index (χ0) is 14.7. The fourth-order valence-electron chi connectivity index (χ4n) is 2.47. The number of aromatic nitrogens is 2. The van der Waals surface area contributed by atoms with Gasteiger partial charge in [0.05, 0.1) is 19.1 Å². The van der Waals surface area contributed by atoms with Gasteiger partial charge in [-0.1, -0.05) is 13.8 Å². The van der Waals surface area contributed by atoms with Crippen molar-refractivity contribution in [2.24, 2.45) is 5.73 Å². The number of ether oxygens (including phenoxy) is 1. The molecule has 0 saturated heterocycles. The molecular formula is C16H23N3O. The van der Waals surface area contributed by atoms with E-state index < -0.39 is 0 Å². The van der Waals surface area contributed by atoms with Crippen LogP contribution in [0.4, 0.5) is 0 Å². The Kier molecular flexibility index (Phi) is 4.45. The van der Waals surface area contributed by atoms with Gasteiger partial charge in [-0.3, -0.25) is 0 Å². The van der Waals surface area contributed by atoms with Crippen molar-refractivity contribution in [2.45, 2.75) is 33.1 Å². The number of rotatable bonds is 5. The first-order valence-electron chi connectivity index (χ1n) is 6.99. The number of nitrogens with zero attached hydrogens (tertiary/aromatic N) is 1. The zero-order valence-electron chi connectivity index (χ0n) is 12.7. The summed E-state index contributed by atoms with van der Waals surface area (Å²) in [6.45, 7) is 7.04. The van der Waals surface area contributed by atoms with E-state index in [4.69, 9.17) is 10.5 Å². The standard InChI is InChI=1S/C16H23N3O/c1-10(2)12-8-13(11(3)7-15(12)20-4)16-14(5-6-17)18-9-19-16/h7-10H,5-6,17H2,1-4H3,(H,18,19). The molecule has 0 radical (unpaired) electrons. The molecular weight excluding hydrogens is 250 g/mol. The Balaban J connectivity index is 2.56. The third-order valence-electron chi connectivity index (χ3n) is 3.57. The minimum Gasteiger partial charge on any atom is -0.496 e. The number of nitrogens with two attached hydrogens (primary N) is 1. The smallest absolute Gasteiger partial charge is 0.122 e. The molecule has 0 fully saturated rings. The summed E-state index contributed by atoms with van der Waals surface area (Å²) in [5.41, 5.74) is 11.3. The predicted molar refractivity (Wildman–Crippen MR) is 82.2 cm³/mol. The highest BCUT2D eigenvalue weighted by Gasteiger charge is 2.15. The van der Waals surface area contributed by atoms with Gasteiger partial charge in [-0.15, -0.1) is 0 Å². The third kappa shape index (κ3) is 2.70. The third-order valence-corrected chi connectivity index (χ3v) is 3.57. The van der Waals surface area contributed by atoms with Crippen molar-refractivity contribution in [3.8, 4) is 17.0 Å². The van der Waals surface area contributed by atoms with Crippen LogP contribution in [0.5, 0.6) is 5.75 Å². The maximum atomic E-state index is 5.66. The highest BCUT2D eigenvalue weighted by atomic mass is 16.5. The Morgan fingerprint density at radius 2 is 2.10 bits per heavy atom. The maximum absolute atomic E-state index is 5.66. The Bertz CT molecular complexity index is 587. The Labute approximate surface area is 120 Å². The second-order valence-electron chi connectivity index (χ2n) is 5.33. The van der Waals surface area contributed by atoms with E-state index >= 15 is 0 Å². The quantitative estimate of drug-likeness (QED) is 0.880. The normalized spacial score (nSPS) is 11.1. The van der Waals surface area contributed by atoms with E-state index in [1.807, 2.05) is 0 Å². The molecule has 2 rings (SSSR count). The molecule has 20 heavy (non-hydrogen) atoms. The molecule has 4 nitrogen and oxygen atoms in total. The summed E-state index contributed by atoms with van der Waals surface area (Å²) < 4.78 is 5.49. The summed E-state index contributed by atoms with van der Waals surface area (Å²) >= 11 is 0. The first kappa shape index (κ1) is 14.6. The van der Waals surface area contributed by atoms with Crippen LogP contribution in [-0.4, -0.2) is 23.6 Å². The minimum atomic E-state index is 0.404. The monoisotopic (exact) mass is 273 g/mol. The highest BCUT2D eigenvalue weighted by Crippen LogP contribution is 2.34. The molecule has 0 unspecified atom stereocenters. The maximum Gasteiger partial charge on any atom is 0.122 e. The summed E-state index contributed by atoms with van der Waals surface area (Å²) in [7, 11) is 1.72. The molecule has 3 N–H and O–H groups in total. The summed E-state index contributed by atoms with van der Waals surface area (Å²) in [6.07, 6.45) is 2.54. The van der Waals surface area contributed by atoms with Crippen LogP contribution in [0.1, 0.15) is 36.6 Å². The SMILES string of the molecule is COc1cc(C)c(-c2nc[nH]c2CCN)cc1C(C)C. The van der Waals surface area contributed by atoms with Gasteiger partial charge in [-0.2, -0.15) is 0 Å². The molecule has 0 aliphatic heterocycles. The van der Waals surface area contributed by atoms with E-state index in [1.165, 1.54) is 5.56 Å². The van der Waals surface area contributed by atoms with Gasteiger partial charge in [0.25, 0.3) is 0 Å². The van der Waals surface area contributed by atoms with Crippen LogP contribution in [0.3, 0.4) is 0 Å². The average Bonchev–Trinajstić information content (AvgIpc) is 2.86. The van der Waals surface area contributed by atoms with Gasteiger partial charge in [-0.05, 0) is 42.6 Å². The topological polar surface area (TPSA) is 63.9 Å². The van der Waals surface area contributed by atoms with E-state index in [1.54, 1.807) is 13.4 Å². The average molecular weight is 273 g/mol. The van der Waals surface area contributed by atoms with Gasteiger partial charge in [0, 0.05) is 17.7 Å². The van der Waals surface area contributed by atoms with Crippen molar-refractivity contribution in [1.29, 1.82) is 0 Å². The van der Waals surface area contributed by atoms with Crippen molar-refractivity contribution >= 4 is 0 Å². The van der Waals surface area contributed by atoms with Crippen LogP contribution in [0.25, 0.3) is 11.3 Å². The predicted octanol–water partition coefficient (Wildman–Crippen LogP) is 3.02. The summed E-state index contributed by atoms with van der Waals surface area (Å²) in [4.78, 5) is 7.66. The van der Waals surface area contributed by atoms with Gasteiger partial charge >= 0.3 is 0 Å². The van der Waals surface area contributed by atoms with E-state index in [-0.39, 0.29) is 0 Å². The largest absolute Gasteiger partial charge is 0.496 e. The molecule has 0 atom stereocenters. The number of imidazole rings is 1. The number of aryl methyl sites for hydroxylation is 1. The van der Waals surface area contributed by atoms with Gasteiger partial charge in [0.2, 0.25) is 0 Å². The van der Waals surface area contributed by atoms with Crippen LogP contribution in [0.15, 0.2) is 18.5 Å². The van der Waals surface area contributed by atoms with E-state index in [0.29, 0.717) is 12.5 Å². The number of nitrogens with one attached hydrogen (secondary N) is 1. The number of hydrogen-bond donors (Lipinski definition) is 2. The first-order chi connectivity index (χ1) is 9.58. The van der Waals surface area contributed by atoms with Gasteiger partial charge < -0.3 is 15.5 Å². The Hall–Kier alpha value is -1.81. The number of hydrogen-bond acceptors (Lipinski definition) is 3. The molecule has 108 valence electrons. The van der Waals surface area contributed by atoms with Crippen LogP contribution < -0.4 is 10.5 Å². The van der Waals surface area contributed by atoms with E-state index in [0.717, 1.165) is 34.7 Å². The second kappa shape index (κ2) is 6.09. The van der Waals surface area contributed by atoms with Gasteiger partial charge in [-0.25, -0.2) is 4.98 Å². The molecule has 1 aromatic heterocycles. The second-order valence-corrected chi connectivity index (χ2v) is 5.33. The van der Waals surface area contributed by atoms with E-state index in [9.17, 15) is 0 Å². The first-order valence-corrected chi connectivity index (χ1v) is 6.99. The van der Waals surface area contributed by atoms with Crippen molar-refractivity contribution in [1.82, 2.24) is 9.97 Å². The van der Waals surface area contributed by atoms with Crippen LogP contribution in [0.2, 0.25) is 0 Å². The molecule has 0 spiro atoms. The van der Waals surface area contributed by atoms with E-state index in [2.05, 4.69) is 42.9 Å². The summed E-state index contributed by atoms with van der Waals surface area (Å²) in [5.74, 6) is 1.35. The van der Waals surface area contributed by atoms with Gasteiger partial charge in [0.1, 0.15) is 5.75 Å². The lowest BCUT2D eigenvalue weighted by atomic mass is 9.94. The number of methoxy groups -OCH3 is 1. The van der Waals surface area contributed by atoms with Crippen LogP contribution >= 0.6 is 0 Å². The molecule has 0 saturated carbocycles. The van der Waals surface area contributed by atoms with Crippen LogP contribution in [0, 0.1) is 6.92 Å². The lowest BCUT2D eigenvalue weighted by Gasteiger charge is -2.16. The zero-order valence-corrected chi connectivity index (χ0v) is 12.7. The van der Waals surface area contributed by atoms with Crippen molar-refractivity contribution in [3.05, 3.63) is 35.3 Å². The molecule has 0 aliphatic carbocycles.